The van der Waals surface area contributed by atoms with E-state index in [0.717, 1.165) is 29.8 Å². The number of carbonyl (C=O) groups is 2. The normalized spacial score (nSPS) is 18.5. The monoisotopic (exact) mass is 399 g/mol. The Bertz CT molecular complexity index is 900. The van der Waals surface area contributed by atoms with Crippen LogP contribution in [-0.2, 0) is 35.5 Å². The van der Waals surface area contributed by atoms with Crippen LogP contribution in [0.25, 0.3) is 0 Å². The van der Waals surface area contributed by atoms with Crippen LogP contribution >= 0.6 is 0 Å². The van der Waals surface area contributed by atoms with Gasteiger partial charge in [0.25, 0.3) is 0 Å². The van der Waals surface area contributed by atoms with Gasteiger partial charge < -0.3 is 19.5 Å². The summed E-state index contributed by atoms with van der Waals surface area (Å²) >= 11 is 0. The number of aromatic nitrogens is 2. The largest absolute Gasteiger partial charge is 0.497 e. The molecule has 1 amide bonds. The minimum atomic E-state index is -1.05. The molecule has 2 aliphatic rings. The van der Waals surface area contributed by atoms with Crippen molar-refractivity contribution in [2.24, 2.45) is 5.92 Å². The third-order valence-corrected chi connectivity index (χ3v) is 5.70. The van der Waals surface area contributed by atoms with E-state index < -0.39 is 5.97 Å². The van der Waals surface area contributed by atoms with Crippen molar-refractivity contribution in [3.63, 3.8) is 0 Å². The summed E-state index contributed by atoms with van der Waals surface area (Å²) in [5, 5.41) is 14.0. The first-order chi connectivity index (χ1) is 14.1. The number of carbonyl (C=O) groups excluding carboxylic acids is 1. The quantitative estimate of drug-likeness (QED) is 0.795. The van der Waals surface area contributed by atoms with E-state index in [9.17, 15) is 14.7 Å². The number of ether oxygens (including phenoxy) is 2. The van der Waals surface area contributed by atoms with E-state index in [2.05, 4.69) is 5.10 Å². The van der Waals surface area contributed by atoms with Crippen LogP contribution in [0.3, 0.4) is 0 Å². The summed E-state index contributed by atoms with van der Waals surface area (Å²) in [6, 6.07) is 7.81. The van der Waals surface area contributed by atoms with Crippen molar-refractivity contribution >= 4 is 11.9 Å². The van der Waals surface area contributed by atoms with E-state index in [-0.39, 0.29) is 17.5 Å². The minimum absolute atomic E-state index is 0.0508. The lowest BCUT2D eigenvalue weighted by Gasteiger charge is -2.29. The molecule has 1 aromatic heterocycles. The number of methoxy groups -OCH3 is 1. The highest BCUT2D eigenvalue weighted by molar-refractivity contribution is 5.88. The van der Waals surface area contributed by atoms with Crippen LogP contribution < -0.4 is 4.74 Å². The summed E-state index contributed by atoms with van der Waals surface area (Å²) in [5.74, 6) is -0.316. The van der Waals surface area contributed by atoms with Crippen molar-refractivity contribution in [1.82, 2.24) is 14.7 Å². The first-order valence-corrected chi connectivity index (χ1v) is 9.88. The van der Waals surface area contributed by atoms with E-state index in [1.165, 1.54) is 0 Å². The Morgan fingerprint density at radius 1 is 1.31 bits per heavy atom. The highest BCUT2D eigenvalue weighted by Crippen LogP contribution is 2.26. The highest BCUT2D eigenvalue weighted by Gasteiger charge is 2.33. The second-order valence-electron chi connectivity index (χ2n) is 7.47. The van der Waals surface area contributed by atoms with Gasteiger partial charge in [-0.05, 0) is 30.5 Å². The summed E-state index contributed by atoms with van der Waals surface area (Å²) in [6.07, 6.45) is 2.08. The number of hydrogen-bond acceptors (Lipinski definition) is 5. The van der Waals surface area contributed by atoms with Gasteiger partial charge in [-0.25, -0.2) is 4.79 Å². The van der Waals surface area contributed by atoms with E-state index in [4.69, 9.17) is 9.47 Å². The zero-order chi connectivity index (χ0) is 20.4. The molecular formula is C21H25N3O5. The first-order valence-electron chi connectivity index (χ1n) is 9.88. The molecule has 0 bridgehead atoms. The molecule has 154 valence electrons. The Balaban J connectivity index is 1.51. The maximum atomic E-state index is 12.7. The zero-order valence-corrected chi connectivity index (χ0v) is 16.5. The van der Waals surface area contributed by atoms with Gasteiger partial charge >= 0.3 is 5.97 Å². The lowest BCUT2D eigenvalue weighted by molar-refractivity contribution is -0.136. The van der Waals surface area contributed by atoms with Crippen molar-refractivity contribution in [3.05, 3.63) is 46.8 Å². The lowest BCUT2D eigenvalue weighted by Crippen LogP contribution is -2.40. The molecule has 8 nitrogen and oxygen atoms in total. The number of rotatable bonds is 6. The van der Waals surface area contributed by atoms with Crippen molar-refractivity contribution in [2.45, 2.75) is 32.4 Å². The van der Waals surface area contributed by atoms with E-state index in [0.29, 0.717) is 44.8 Å². The van der Waals surface area contributed by atoms with Gasteiger partial charge in [0.05, 0.1) is 19.6 Å². The number of benzene rings is 1. The summed E-state index contributed by atoms with van der Waals surface area (Å²) in [6.45, 7) is 2.53. The summed E-state index contributed by atoms with van der Waals surface area (Å²) in [7, 11) is 1.63. The minimum Gasteiger partial charge on any atom is -0.497 e. The fourth-order valence-corrected chi connectivity index (χ4v) is 4.05. The molecular weight excluding hydrogens is 374 g/mol. The number of amides is 1. The Morgan fingerprint density at radius 3 is 2.76 bits per heavy atom. The van der Waals surface area contributed by atoms with Crippen LogP contribution in [0, 0.1) is 5.92 Å². The predicted octanol–water partition coefficient (Wildman–Crippen LogP) is 1.75. The molecule has 2 aliphatic heterocycles. The molecule has 2 aromatic rings. The molecule has 1 N–H and O–H groups in total. The number of aryl methyl sites for hydroxylation is 2. The molecule has 4 rings (SSSR count). The van der Waals surface area contributed by atoms with Gasteiger partial charge in [-0.2, -0.15) is 5.10 Å². The van der Waals surface area contributed by atoms with E-state index >= 15 is 0 Å². The van der Waals surface area contributed by atoms with E-state index in [1.807, 2.05) is 24.3 Å². The fraction of sp³-hybridized carbons (Fsp3) is 0.476. The molecule has 1 aromatic carbocycles. The summed E-state index contributed by atoms with van der Waals surface area (Å²) in [5.41, 5.74) is 2.75. The molecule has 8 heteroatoms. The number of nitrogens with zero attached hydrogens (tertiary/aromatic N) is 3. The maximum Gasteiger partial charge on any atom is 0.356 e. The van der Waals surface area contributed by atoms with Crippen LogP contribution in [0.2, 0.25) is 0 Å². The number of carboxylic acid groups (broad SMARTS) is 1. The van der Waals surface area contributed by atoms with Crippen molar-refractivity contribution in [1.29, 1.82) is 0 Å². The van der Waals surface area contributed by atoms with Gasteiger partial charge in [0.1, 0.15) is 5.75 Å². The molecule has 1 fully saturated rings. The number of carboxylic acids is 1. The lowest BCUT2D eigenvalue weighted by atomic mass is 10.0. The van der Waals surface area contributed by atoms with Crippen molar-refractivity contribution in [2.75, 3.05) is 26.9 Å². The molecule has 1 atom stereocenters. The summed E-state index contributed by atoms with van der Waals surface area (Å²) in [4.78, 5) is 26.2. The molecule has 0 aliphatic carbocycles. The van der Waals surface area contributed by atoms with Crippen LogP contribution in [0.15, 0.2) is 24.3 Å². The van der Waals surface area contributed by atoms with Gasteiger partial charge in [0.2, 0.25) is 5.91 Å². The predicted molar refractivity (Wildman–Crippen MR) is 104 cm³/mol. The summed E-state index contributed by atoms with van der Waals surface area (Å²) < 4.78 is 12.3. The van der Waals surface area contributed by atoms with Crippen LogP contribution in [-0.4, -0.2) is 58.5 Å². The molecule has 0 unspecified atom stereocenters. The molecule has 3 heterocycles. The standard InChI is InChI=1S/C21H25N3O5/c1-28-16-4-2-14(3-5-16)6-10-24-18-7-9-23(20(25)15-8-11-29-13-15)12-17(18)19(22-24)21(26)27/h2-5,15H,6-13H2,1H3,(H,26,27)/t15-/m0/s1. The Labute approximate surface area is 169 Å². The van der Waals surface area contributed by atoms with Crippen LogP contribution in [0.5, 0.6) is 5.75 Å². The van der Waals surface area contributed by atoms with Gasteiger partial charge in [-0.1, -0.05) is 12.1 Å². The highest BCUT2D eigenvalue weighted by atomic mass is 16.5. The van der Waals surface area contributed by atoms with E-state index in [1.54, 1.807) is 16.7 Å². The number of aromatic carboxylic acids is 1. The molecule has 0 radical (unpaired) electrons. The van der Waals surface area contributed by atoms with Crippen LogP contribution in [0.4, 0.5) is 0 Å². The average Bonchev–Trinajstić information content (AvgIpc) is 3.40. The zero-order valence-electron chi connectivity index (χ0n) is 16.5. The Hall–Kier alpha value is -2.87. The topological polar surface area (TPSA) is 93.9 Å². The average molecular weight is 399 g/mol. The van der Waals surface area contributed by atoms with Gasteiger partial charge in [-0.3, -0.25) is 9.48 Å². The third kappa shape index (κ3) is 3.98. The molecule has 1 saturated heterocycles. The van der Waals surface area contributed by atoms with Crippen molar-refractivity contribution < 1.29 is 24.2 Å². The van der Waals surface area contributed by atoms with Gasteiger partial charge in [0.15, 0.2) is 5.69 Å². The van der Waals surface area contributed by atoms with Gasteiger partial charge in [0, 0.05) is 43.9 Å². The molecule has 0 saturated carbocycles. The number of hydrogen-bond donors (Lipinski definition) is 1. The smallest absolute Gasteiger partial charge is 0.356 e. The maximum absolute atomic E-state index is 12.7. The van der Waals surface area contributed by atoms with Crippen molar-refractivity contribution in [3.8, 4) is 5.75 Å². The van der Waals surface area contributed by atoms with Gasteiger partial charge in [-0.15, -0.1) is 0 Å². The van der Waals surface area contributed by atoms with Crippen LogP contribution in [0.1, 0.15) is 33.7 Å². The fourth-order valence-electron chi connectivity index (χ4n) is 4.05. The Morgan fingerprint density at radius 2 is 2.10 bits per heavy atom. The first kappa shape index (κ1) is 19.4. The SMILES string of the molecule is COc1ccc(CCn2nc(C(=O)O)c3c2CCN(C(=O)[C@H]2CCOC2)C3)cc1. The second-order valence-corrected chi connectivity index (χ2v) is 7.47. The Kier molecular flexibility index (Phi) is 5.53. The molecule has 0 spiro atoms. The third-order valence-electron chi connectivity index (χ3n) is 5.70. The number of fused-ring (bicyclic) bond motifs is 1. The molecule has 29 heavy (non-hydrogen) atoms. The second kappa shape index (κ2) is 8.24.